The largest absolute Gasteiger partial charge is 0.486 e. The van der Waals surface area contributed by atoms with Crippen molar-refractivity contribution in [2.45, 2.75) is 12.6 Å². The summed E-state index contributed by atoms with van der Waals surface area (Å²) in [7, 11) is 0. The number of para-hydroxylation sites is 1. The molecule has 0 spiro atoms. The molecule has 0 heterocycles. The van der Waals surface area contributed by atoms with Gasteiger partial charge in [-0.15, -0.1) is 0 Å². The SMILES string of the molecule is O=C(COc1ccccc1)CC(=O)c1cccc(C(F)(F)F)c1. The molecule has 0 saturated carbocycles. The van der Waals surface area contributed by atoms with Gasteiger partial charge in [-0.1, -0.05) is 30.3 Å². The number of ketones is 2. The fraction of sp³-hybridized carbons (Fsp3) is 0.176. The minimum Gasteiger partial charge on any atom is -0.486 e. The zero-order chi connectivity index (χ0) is 16.9. The van der Waals surface area contributed by atoms with Crippen LogP contribution in [0.1, 0.15) is 22.3 Å². The minimum absolute atomic E-state index is 0.145. The van der Waals surface area contributed by atoms with Crippen molar-refractivity contribution in [1.82, 2.24) is 0 Å². The van der Waals surface area contributed by atoms with E-state index in [0.29, 0.717) is 5.75 Å². The maximum Gasteiger partial charge on any atom is 0.416 e. The van der Waals surface area contributed by atoms with E-state index in [1.807, 2.05) is 0 Å². The van der Waals surface area contributed by atoms with Crippen LogP contribution in [0.25, 0.3) is 0 Å². The van der Waals surface area contributed by atoms with Crippen molar-refractivity contribution in [2.24, 2.45) is 0 Å². The molecule has 0 bridgehead atoms. The number of hydrogen-bond acceptors (Lipinski definition) is 3. The lowest BCUT2D eigenvalue weighted by Crippen LogP contribution is -2.16. The van der Waals surface area contributed by atoms with Gasteiger partial charge in [0.1, 0.15) is 12.4 Å². The third-order valence-electron chi connectivity index (χ3n) is 3.01. The topological polar surface area (TPSA) is 43.4 Å². The molecular weight excluding hydrogens is 309 g/mol. The average Bonchev–Trinajstić information content (AvgIpc) is 2.53. The lowest BCUT2D eigenvalue weighted by Gasteiger charge is -2.08. The van der Waals surface area contributed by atoms with E-state index in [1.165, 1.54) is 6.07 Å². The van der Waals surface area contributed by atoms with Crippen molar-refractivity contribution in [1.29, 1.82) is 0 Å². The average molecular weight is 322 g/mol. The Balaban J connectivity index is 1.95. The molecule has 2 rings (SSSR count). The van der Waals surface area contributed by atoms with E-state index in [4.69, 9.17) is 4.74 Å². The second kappa shape index (κ2) is 7.09. The second-order valence-electron chi connectivity index (χ2n) is 4.82. The maximum atomic E-state index is 12.6. The molecule has 2 aromatic rings. The highest BCUT2D eigenvalue weighted by molar-refractivity contribution is 6.08. The summed E-state index contributed by atoms with van der Waals surface area (Å²) >= 11 is 0. The van der Waals surface area contributed by atoms with Gasteiger partial charge >= 0.3 is 6.18 Å². The Morgan fingerprint density at radius 1 is 0.957 bits per heavy atom. The molecule has 120 valence electrons. The van der Waals surface area contributed by atoms with Gasteiger partial charge in [0, 0.05) is 5.56 Å². The summed E-state index contributed by atoms with van der Waals surface area (Å²) in [6.45, 7) is -0.311. The summed E-state index contributed by atoms with van der Waals surface area (Å²) in [5.74, 6) is -0.693. The second-order valence-corrected chi connectivity index (χ2v) is 4.82. The van der Waals surface area contributed by atoms with Crippen LogP contribution in [0.4, 0.5) is 13.2 Å². The summed E-state index contributed by atoms with van der Waals surface area (Å²) in [4.78, 5) is 23.6. The normalized spacial score (nSPS) is 11.1. The fourth-order valence-corrected chi connectivity index (χ4v) is 1.88. The highest BCUT2D eigenvalue weighted by Crippen LogP contribution is 2.29. The predicted octanol–water partition coefficient (Wildman–Crippen LogP) is 3.93. The molecule has 0 aliphatic carbocycles. The lowest BCUT2D eigenvalue weighted by atomic mass is 10.0. The van der Waals surface area contributed by atoms with Crippen molar-refractivity contribution >= 4 is 11.6 Å². The number of rotatable bonds is 6. The van der Waals surface area contributed by atoms with Gasteiger partial charge in [-0.3, -0.25) is 9.59 Å². The maximum absolute atomic E-state index is 12.6. The van der Waals surface area contributed by atoms with Gasteiger partial charge in [0.05, 0.1) is 12.0 Å². The number of benzene rings is 2. The van der Waals surface area contributed by atoms with Crippen molar-refractivity contribution in [3.05, 3.63) is 65.7 Å². The molecule has 0 radical (unpaired) electrons. The molecule has 6 heteroatoms. The predicted molar refractivity (Wildman–Crippen MR) is 77.3 cm³/mol. The van der Waals surface area contributed by atoms with Crippen LogP contribution < -0.4 is 4.74 Å². The van der Waals surface area contributed by atoms with Gasteiger partial charge in [-0.2, -0.15) is 13.2 Å². The number of Topliss-reactive ketones (excluding diaryl/α,β-unsaturated/α-hetero) is 2. The Kier molecular flexibility index (Phi) is 5.16. The molecule has 0 aromatic heterocycles. The molecule has 0 aliphatic heterocycles. The monoisotopic (exact) mass is 322 g/mol. The van der Waals surface area contributed by atoms with Crippen LogP contribution >= 0.6 is 0 Å². The van der Waals surface area contributed by atoms with E-state index in [1.54, 1.807) is 30.3 Å². The quantitative estimate of drug-likeness (QED) is 0.598. The molecule has 2 aromatic carbocycles. The van der Waals surface area contributed by atoms with Crippen molar-refractivity contribution < 1.29 is 27.5 Å². The Morgan fingerprint density at radius 2 is 1.65 bits per heavy atom. The van der Waals surface area contributed by atoms with Crippen LogP contribution in [0.3, 0.4) is 0 Å². The van der Waals surface area contributed by atoms with Gasteiger partial charge in [-0.25, -0.2) is 0 Å². The van der Waals surface area contributed by atoms with E-state index < -0.39 is 29.7 Å². The molecule has 0 atom stereocenters. The van der Waals surface area contributed by atoms with Crippen molar-refractivity contribution in [3.8, 4) is 5.75 Å². The van der Waals surface area contributed by atoms with Crippen molar-refractivity contribution in [2.75, 3.05) is 6.61 Å². The molecule has 0 amide bonds. The standard InChI is InChI=1S/C17H13F3O3/c18-17(19,20)13-6-4-5-12(9-13)16(22)10-14(21)11-23-15-7-2-1-3-8-15/h1-9H,10-11H2. The molecule has 0 aliphatic rings. The van der Waals surface area contributed by atoms with E-state index >= 15 is 0 Å². The summed E-state index contributed by atoms with van der Waals surface area (Å²) in [5.41, 5.74) is -1.07. The number of hydrogen-bond donors (Lipinski definition) is 0. The smallest absolute Gasteiger partial charge is 0.416 e. The van der Waals surface area contributed by atoms with Gasteiger partial charge in [-0.05, 0) is 24.3 Å². The molecule has 0 unspecified atom stereocenters. The number of carbonyl (C=O) groups is 2. The van der Waals surface area contributed by atoms with Crippen LogP contribution in [0, 0.1) is 0 Å². The molecule has 23 heavy (non-hydrogen) atoms. The van der Waals surface area contributed by atoms with E-state index in [2.05, 4.69) is 0 Å². The lowest BCUT2D eigenvalue weighted by molar-refractivity contribution is -0.137. The third-order valence-corrected chi connectivity index (χ3v) is 3.01. The molecule has 0 fully saturated rings. The first kappa shape index (κ1) is 16.7. The fourth-order valence-electron chi connectivity index (χ4n) is 1.88. The summed E-state index contributed by atoms with van der Waals surface area (Å²) in [6.07, 6.45) is -5.04. The first-order valence-electron chi connectivity index (χ1n) is 6.76. The molecular formula is C17H13F3O3. The minimum atomic E-state index is -4.53. The third kappa shape index (κ3) is 4.95. The van der Waals surface area contributed by atoms with Crippen molar-refractivity contribution in [3.63, 3.8) is 0 Å². The number of ether oxygens (including phenoxy) is 1. The number of carbonyl (C=O) groups excluding carboxylic acids is 2. The first-order valence-corrected chi connectivity index (χ1v) is 6.76. The highest BCUT2D eigenvalue weighted by Gasteiger charge is 2.31. The molecule has 0 N–H and O–H groups in total. The summed E-state index contributed by atoms with van der Waals surface area (Å²) < 4.78 is 43.0. The van der Waals surface area contributed by atoms with E-state index in [9.17, 15) is 22.8 Å². The Hall–Kier alpha value is -2.63. The number of halogens is 3. The zero-order valence-electron chi connectivity index (χ0n) is 12.0. The van der Waals surface area contributed by atoms with Crippen LogP contribution in [0.2, 0.25) is 0 Å². The molecule has 0 saturated heterocycles. The molecule has 3 nitrogen and oxygen atoms in total. The highest BCUT2D eigenvalue weighted by atomic mass is 19.4. The Labute approximate surface area is 130 Å². The van der Waals surface area contributed by atoms with Crippen LogP contribution in [-0.4, -0.2) is 18.2 Å². The number of alkyl halides is 3. The van der Waals surface area contributed by atoms with Crippen LogP contribution in [-0.2, 0) is 11.0 Å². The Morgan fingerprint density at radius 3 is 2.30 bits per heavy atom. The van der Waals surface area contributed by atoms with Gasteiger partial charge < -0.3 is 4.74 Å². The van der Waals surface area contributed by atoms with Gasteiger partial charge in [0.15, 0.2) is 11.6 Å². The van der Waals surface area contributed by atoms with Crippen LogP contribution in [0.5, 0.6) is 5.75 Å². The zero-order valence-corrected chi connectivity index (χ0v) is 12.0. The van der Waals surface area contributed by atoms with Gasteiger partial charge in [0.2, 0.25) is 0 Å². The van der Waals surface area contributed by atoms with E-state index in [0.717, 1.165) is 18.2 Å². The summed E-state index contributed by atoms with van der Waals surface area (Å²) in [5, 5.41) is 0. The first-order chi connectivity index (χ1) is 10.9. The van der Waals surface area contributed by atoms with Crippen LogP contribution in [0.15, 0.2) is 54.6 Å². The van der Waals surface area contributed by atoms with E-state index in [-0.39, 0.29) is 12.2 Å². The Bertz CT molecular complexity index is 694. The summed E-state index contributed by atoms with van der Waals surface area (Å²) in [6, 6.07) is 12.6. The van der Waals surface area contributed by atoms with Gasteiger partial charge in [0.25, 0.3) is 0 Å².